The molecular weight excluding hydrogens is 243 g/mol. The van der Waals surface area contributed by atoms with Gasteiger partial charge in [-0.05, 0) is 30.9 Å². The molecule has 1 aromatic carbocycles. The molecule has 0 bridgehead atoms. The van der Waals surface area contributed by atoms with Gasteiger partial charge < -0.3 is 4.90 Å². The number of halogens is 3. The number of hydrogen-bond donors (Lipinski definition) is 0. The van der Waals surface area contributed by atoms with Gasteiger partial charge in [-0.25, -0.2) is 13.2 Å². The summed E-state index contributed by atoms with van der Waals surface area (Å²) in [6.07, 6.45) is 3.31. The quantitative estimate of drug-likeness (QED) is 0.762. The third kappa shape index (κ3) is 2.49. The van der Waals surface area contributed by atoms with Crippen molar-refractivity contribution in [3.8, 4) is 0 Å². The van der Waals surface area contributed by atoms with E-state index in [1.807, 2.05) is 0 Å². The van der Waals surface area contributed by atoms with Gasteiger partial charge in [-0.1, -0.05) is 6.42 Å². The topological polar surface area (TPSA) is 20.3 Å². The fourth-order valence-electron chi connectivity index (χ4n) is 2.04. The van der Waals surface area contributed by atoms with Crippen molar-refractivity contribution in [2.24, 2.45) is 5.92 Å². The average molecular weight is 257 g/mol. The minimum Gasteiger partial charge on any atom is -0.341 e. The number of amides is 1. The number of rotatable bonds is 3. The van der Waals surface area contributed by atoms with Gasteiger partial charge >= 0.3 is 0 Å². The highest BCUT2D eigenvalue weighted by Crippen LogP contribution is 2.27. The molecule has 0 radical (unpaired) electrons. The fourth-order valence-corrected chi connectivity index (χ4v) is 2.04. The van der Waals surface area contributed by atoms with E-state index in [1.54, 1.807) is 7.05 Å². The molecule has 0 aromatic heterocycles. The number of carbonyl (C=O) groups is 1. The summed E-state index contributed by atoms with van der Waals surface area (Å²) in [6.45, 7) is 0.569. The van der Waals surface area contributed by atoms with Gasteiger partial charge in [0.05, 0.1) is 0 Å². The van der Waals surface area contributed by atoms with Crippen LogP contribution in [0.2, 0.25) is 0 Å². The number of benzene rings is 1. The van der Waals surface area contributed by atoms with Crippen molar-refractivity contribution in [1.82, 2.24) is 4.90 Å². The lowest BCUT2D eigenvalue weighted by molar-refractivity contribution is 0.0744. The van der Waals surface area contributed by atoms with E-state index >= 15 is 0 Å². The first-order valence-electron chi connectivity index (χ1n) is 5.89. The monoisotopic (exact) mass is 257 g/mol. The normalized spacial score (nSPS) is 15.3. The van der Waals surface area contributed by atoms with Crippen molar-refractivity contribution in [2.75, 3.05) is 13.6 Å². The van der Waals surface area contributed by atoms with Crippen LogP contribution in [-0.2, 0) is 0 Å². The van der Waals surface area contributed by atoms with E-state index in [1.165, 1.54) is 4.90 Å². The molecule has 1 aliphatic rings. The smallest absolute Gasteiger partial charge is 0.253 e. The lowest BCUT2D eigenvalue weighted by Gasteiger charge is -2.30. The molecule has 18 heavy (non-hydrogen) atoms. The first kappa shape index (κ1) is 12.9. The third-order valence-corrected chi connectivity index (χ3v) is 3.33. The van der Waals surface area contributed by atoms with E-state index in [9.17, 15) is 18.0 Å². The van der Waals surface area contributed by atoms with Gasteiger partial charge in [0, 0.05) is 19.2 Å². The first-order valence-corrected chi connectivity index (χ1v) is 5.89. The number of nitrogens with zero attached hydrogens (tertiary/aromatic N) is 1. The Labute approximate surface area is 103 Å². The molecule has 1 aromatic rings. The van der Waals surface area contributed by atoms with Crippen LogP contribution in [0.1, 0.15) is 29.6 Å². The molecular formula is C13H14F3NO. The summed E-state index contributed by atoms with van der Waals surface area (Å²) < 4.78 is 38.8. The van der Waals surface area contributed by atoms with Crippen LogP contribution >= 0.6 is 0 Å². The van der Waals surface area contributed by atoms with Crippen molar-refractivity contribution < 1.29 is 18.0 Å². The Morgan fingerprint density at radius 1 is 1.28 bits per heavy atom. The van der Waals surface area contributed by atoms with Gasteiger partial charge in [0.2, 0.25) is 0 Å². The molecule has 0 N–H and O–H groups in total. The fraction of sp³-hybridized carbons (Fsp3) is 0.462. The van der Waals surface area contributed by atoms with E-state index in [-0.39, 0.29) is 5.56 Å². The Kier molecular flexibility index (Phi) is 3.59. The van der Waals surface area contributed by atoms with Crippen LogP contribution in [0.4, 0.5) is 13.2 Å². The van der Waals surface area contributed by atoms with E-state index in [0.29, 0.717) is 12.5 Å². The Morgan fingerprint density at radius 2 is 1.83 bits per heavy atom. The molecule has 2 rings (SSSR count). The molecule has 0 atom stereocenters. The zero-order valence-corrected chi connectivity index (χ0v) is 10.0. The molecule has 0 spiro atoms. The van der Waals surface area contributed by atoms with Crippen LogP contribution in [-0.4, -0.2) is 24.4 Å². The van der Waals surface area contributed by atoms with Crippen molar-refractivity contribution in [3.05, 3.63) is 35.1 Å². The maximum Gasteiger partial charge on any atom is 0.253 e. The minimum absolute atomic E-state index is 0.159. The van der Waals surface area contributed by atoms with Gasteiger partial charge in [0.1, 0.15) is 0 Å². The molecule has 0 heterocycles. The van der Waals surface area contributed by atoms with Crippen molar-refractivity contribution in [1.29, 1.82) is 0 Å². The lowest BCUT2D eigenvalue weighted by Crippen LogP contribution is -2.34. The molecule has 1 amide bonds. The van der Waals surface area contributed by atoms with Crippen LogP contribution in [0.25, 0.3) is 0 Å². The lowest BCUT2D eigenvalue weighted by atomic mass is 9.85. The molecule has 1 fully saturated rings. The van der Waals surface area contributed by atoms with Crippen LogP contribution in [0.3, 0.4) is 0 Å². The molecule has 1 aliphatic carbocycles. The molecule has 98 valence electrons. The highest BCUT2D eigenvalue weighted by molar-refractivity contribution is 5.94. The van der Waals surface area contributed by atoms with Gasteiger partial charge in [-0.2, -0.15) is 0 Å². The second-order valence-electron chi connectivity index (χ2n) is 4.74. The zero-order chi connectivity index (χ0) is 13.3. The summed E-state index contributed by atoms with van der Waals surface area (Å²) in [5, 5.41) is 0. The molecule has 0 aliphatic heterocycles. The Hall–Kier alpha value is -1.52. The standard InChI is InChI=1S/C13H14F3NO/c1-17(7-8-3-2-4-8)13(18)9-5-10(14)12(16)11(15)6-9/h5-6,8H,2-4,7H2,1H3. The SMILES string of the molecule is CN(CC1CCC1)C(=O)c1cc(F)c(F)c(F)c1. The van der Waals surface area contributed by atoms with E-state index in [4.69, 9.17) is 0 Å². The first-order chi connectivity index (χ1) is 8.49. The Bertz CT molecular complexity index is 448. The second kappa shape index (κ2) is 5.00. The van der Waals surface area contributed by atoms with Gasteiger partial charge in [-0.3, -0.25) is 4.79 Å². The minimum atomic E-state index is -1.55. The molecule has 1 saturated carbocycles. The second-order valence-corrected chi connectivity index (χ2v) is 4.74. The Morgan fingerprint density at radius 3 is 2.28 bits per heavy atom. The third-order valence-electron chi connectivity index (χ3n) is 3.33. The molecule has 5 heteroatoms. The van der Waals surface area contributed by atoms with Crippen molar-refractivity contribution in [3.63, 3.8) is 0 Å². The van der Waals surface area contributed by atoms with Crippen molar-refractivity contribution in [2.45, 2.75) is 19.3 Å². The van der Waals surface area contributed by atoms with Gasteiger partial charge in [0.25, 0.3) is 5.91 Å². The van der Waals surface area contributed by atoms with Crippen LogP contribution < -0.4 is 0 Å². The predicted octanol–water partition coefficient (Wildman–Crippen LogP) is 2.98. The maximum absolute atomic E-state index is 13.0. The number of hydrogen-bond acceptors (Lipinski definition) is 1. The van der Waals surface area contributed by atoms with Gasteiger partial charge in [-0.15, -0.1) is 0 Å². The van der Waals surface area contributed by atoms with E-state index in [2.05, 4.69) is 0 Å². The highest BCUT2D eigenvalue weighted by atomic mass is 19.2. The highest BCUT2D eigenvalue weighted by Gasteiger charge is 2.23. The summed E-state index contributed by atoms with van der Waals surface area (Å²) in [5.74, 6) is -4.24. The summed E-state index contributed by atoms with van der Waals surface area (Å²) in [5.41, 5.74) is -0.159. The number of carbonyl (C=O) groups excluding carboxylic acids is 1. The van der Waals surface area contributed by atoms with Crippen molar-refractivity contribution >= 4 is 5.91 Å². The van der Waals surface area contributed by atoms with Crippen LogP contribution in [0.15, 0.2) is 12.1 Å². The Balaban J connectivity index is 2.12. The predicted molar refractivity (Wildman–Crippen MR) is 60.6 cm³/mol. The summed E-state index contributed by atoms with van der Waals surface area (Å²) >= 11 is 0. The summed E-state index contributed by atoms with van der Waals surface area (Å²) in [6, 6.07) is 1.47. The summed E-state index contributed by atoms with van der Waals surface area (Å²) in [4.78, 5) is 13.3. The molecule has 0 saturated heterocycles. The summed E-state index contributed by atoms with van der Waals surface area (Å²) in [7, 11) is 1.58. The average Bonchev–Trinajstić information content (AvgIpc) is 2.28. The van der Waals surface area contributed by atoms with E-state index < -0.39 is 23.4 Å². The molecule has 2 nitrogen and oxygen atoms in total. The zero-order valence-electron chi connectivity index (χ0n) is 10.0. The maximum atomic E-state index is 13.0. The van der Waals surface area contributed by atoms with Crippen LogP contribution in [0.5, 0.6) is 0 Å². The van der Waals surface area contributed by atoms with Gasteiger partial charge in [0.15, 0.2) is 17.5 Å². The largest absolute Gasteiger partial charge is 0.341 e. The molecule has 0 unspecified atom stereocenters. The van der Waals surface area contributed by atoms with E-state index in [0.717, 1.165) is 31.4 Å². The van der Waals surface area contributed by atoms with Crippen LogP contribution in [0, 0.1) is 23.4 Å².